The Hall–Kier alpha value is -0.870. The van der Waals surface area contributed by atoms with Crippen molar-refractivity contribution in [2.75, 3.05) is 6.54 Å². The minimum Gasteiger partial charge on any atom is -0.330 e. The van der Waals surface area contributed by atoms with Crippen LogP contribution in [0.2, 0.25) is 0 Å². The Labute approximate surface area is 136 Å². The van der Waals surface area contributed by atoms with Crippen LogP contribution in [-0.2, 0) is 13.0 Å². The number of imidazole rings is 1. The molecule has 116 valence electrons. The highest BCUT2D eigenvalue weighted by molar-refractivity contribution is 9.10. The zero-order chi connectivity index (χ0) is 15.4. The maximum absolute atomic E-state index is 5.74. The summed E-state index contributed by atoms with van der Waals surface area (Å²) in [5.74, 6) is 2.57. The standard InChI is InChI=1S/C17H26BrN3/c1-4-21-16-7-6-14(18)11-15(16)20-17(21)8-5-13(9-10-19)12(2)3/h6-7,11-13H,4-5,8-10,19H2,1-3H3. The molecule has 0 fully saturated rings. The Bertz CT molecular complexity index is 589. The van der Waals surface area contributed by atoms with Gasteiger partial charge in [0.1, 0.15) is 5.82 Å². The summed E-state index contributed by atoms with van der Waals surface area (Å²) in [6.07, 6.45) is 3.30. The number of aryl methyl sites for hydroxylation is 2. The molecule has 1 aromatic heterocycles. The first-order valence-electron chi connectivity index (χ1n) is 7.91. The van der Waals surface area contributed by atoms with Gasteiger partial charge in [-0.25, -0.2) is 4.98 Å². The van der Waals surface area contributed by atoms with Crippen LogP contribution in [-0.4, -0.2) is 16.1 Å². The lowest BCUT2D eigenvalue weighted by Crippen LogP contribution is -2.16. The average molecular weight is 352 g/mol. The van der Waals surface area contributed by atoms with E-state index in [1.54, 1.807) is 0 Å². The second-order valence-electron chi connectivity index (χ2n) is 6.03. The molecule has 2 aromatic rings. The van der Waals surface area contributed by atoms with Crippen LogP contribution in [0, 0.1) is 11.8 Å². The molecule has 0 aliphatic carbocycles. The first-order chi connectivity index (χ1) is 10.1. The van der Waals surface area contributed by atoms with Gasteiger partial charge in [-0.15, -0.1) is 0 Å². The van der Waals surface area contributed by atoms with Gasteiger partial charge in [0, 0.05) is 17.4 Å². The Kier molecular flexibility index (Phi) is 5.82. The number of rotatable bonds is 7. The maximum atomic E-state index is 5.74. The van der Waals surface area contributed by atoms with E-state index in [-0.39, 0.29) is 0 Å². The fraction of sp³-hybridized carbons (Fsp3) is 0.588. The normalized spacial score (nSPS) is 13.2. The fourth-order valence-electron chi connectivity index (χ4n) is 3.04. The van der Waals surface area contributed by atoms with Gasteiger partial charge < -0.3 is 10.3 Å². The topological polar surface area (TPSA) is 43.8 Å². The van der Waals surface area contributed by atoms with Crippen molar-refractivity contribution in [1.29, 1.82) is 0 Å². The molecule has 0 saturated carbocycles. The highest BCUT2D eigenvalue weighted by Crippen LogP contribution is 2.24. The molecule has 4 heteroatoms. The van der Waals surface area contributed by atoms with Crippen LogP contribution in [0.25, 0.3) is 11.0 Å². The number of benzene rings is 1. The van der Waals surface area contributed by atoms with Crippen LogP contribution in [0.5, 0.6) is 0 Å². The highest BCUT2D eigenvalue weighted by atomic mass is 79.9. The van der Waals surface area contributed by atoms with Gasteiger partial charge >= 0.3 is 0 Å². The molecule has 1 atom stereocenters. The predicted molar refractivity (Wildman–Crippen MR) is 93.4 cm³/mol. The quantitative estimate of drug-likeness (QED) is 0.804. The number of aromatic nitrogens is 2. The molecular weight excluding hydrogens is 326 g/mol. The summed E-state index contributed by atoms with van der Waals surface area (Å²) in [7, 11) is 0. The summed E-state index contributed by atoms with van der Waals surface area (Å²) >= 11 is 3.53. The van der Waals surface area contributed by atoms with E-state index in [2.05, 4.69) is 59.5 Å². The zero-order valence-corrected chi connectivity index (χ0v) is 14.9. The molecule has 3 nitrogen and oxygen atoms in total. The molecule has 0 aliphatic rings. The molecule has 0 spiro atoms. The van der Waals surface area contributed by atoms with E-state index in [4.69, 9.17) is 10.7 Å². The van der Waals surface area contributed by atoms with E-state index in [1.807, 2.05) is 0 Å². The van der Waals surface area contributed by atoms with E-state index in [1.165, 1.54) is 17.8 Å². The molecule has 1 heterocycles. The van der Waals surface area contributed by atoms with Gasteiger partial charge in [0.15, 0.2) is 0 Å². The lowest BCUT2D eigenvalue weighted by atomic mass is 9.88. The van der Waals surface area contributed by atoms with E-state index in [9.17, 15) is 0 Å². The smallest absolute Gasteiger partial charge is 0.109 e. The molecule has 0 bridgehead atoms. The van der Waals surface area contributed by atoms with Gasteiger partial charge in [0.25, 0.3) is 0 Å². The van der Waals surface area contributed by atoms with E-state index < -0.39 is 0 Å². The van der Waals surface area contributed by atoms with E-state index in [0.29, 0.717) is 11.8 Å². The van der Waals surface area contributed by atoms with Crippen molar-refractivity contribution in [3.05, 3.63) is 28.5 Å². The molecule has 2 rings (SSSR count). The molecule has 21 heavy (non-hydrogen) atoms. The molecule has 0 amide bonds. The summed E-state index contributed by atoms with van der Waals surface area (Å²) in [6.45, 7) is 8.52. The number of hydrogen-bond donors (Lipinski definition) is 1. The Balaban J connectivity index is 2.21. The van der Waals surface area contributed by atoms with Gasteiger partial charge in [-0.1, -0.05) is 29.8 Å². The van der Waals surface area contributed by atoms with Crippen LogP contribution in [0.3, 0.4) is 0 Å². The highest BCUT2D eigenvalue weighted by Gasteiger charge is 2.15. The van der Waals surface area contributed by atoms with Crippen LogP contribution in [0.4, 0.5) is 0 Å². The number of hydrogen-bond acceptors (Lipinski definition) is 2. The van der Waals surface area contributed by atoms with Crippen molar-refractivity contribution in [3.8, 4) is 0 Å². The van der Waals surface area contributed by atoms with Gasteiger partial charge in [-0.2, -0.15) is 0 Å². The monoisotopic (exact) mass is 351 g/mol. The molecule has 0 aliphatic heterocycles. The molecule has 2 N–H and O–H groups in total. The summed E-state index contributed by atoms with van der Waals surface area (Å²) in [6, 6.07) is 6.34. The SMILES string of the molecule is CCn1c(CCC(CCN)C(C)C)nc2cc(Br)ccc21. The number of nitrogens with two attached hydrogens (primary N) is 1. The Morgan fingerprint density at radius 3 is 2.67 bits per heavy atom. The van der Waals surface area contributed by atoms with E-state index >= 15 is 0 Å². The van der Waals surface area contributed by atoms with Crippen molar-refractivity contribution < 1.29 is 0 Å². The number of fused-ring (bicyclic) bond motifs is 1. The van der Waals surface area contributed by atoms with Crippen molar-refractivity contribution >= 4 is 27.0 Å². The van der Waals surface area contributed by atoms with Gasteiger partial charge in [-0.3, -0.25) is 0 Å². The summed E-state index contributed by atoms with van der Waals surface area (Å²) in [5, 5.41) is 0. The third kappa shape index (κ3) is 3.86. The molecule has 0 saturated heterocycles. The second-order valence-corrected chi connectivity index (χ2v) is 6.94. The Morgan fingerprint density at radius 1 is 1.29 bits per heavy atom. The minimum absolute atomic E-state index is 0.683. The minimum atomic E-state index is 0.683. The first-order valence-corrected chi connectivity index (χ1v) is 8.70. The van der Waals surface area contributed by atoms with Crippen molar-refractivity contribution in [2.24, 2.45) is 17.6 Å². The molecule has 0 radical (unpaired) electrons. The third-order valence-electron chi connectivity index (χ3n) is 4.32. The summed E-state index contributed by atoms with van der Waals surface area (Å²) < 4.78 is 3.42. The lowest BCUT2D eigenvalue weighted by molar-refractivity contribution is 0.338. The second kappa shape index (κ2) is 7.41. The molecule has 1 aromatic carbocycles. The van der Waals surface area contributed by atoms with E-state index in [0.717, 1.165) is 35.9 Å². The van der Waals surface area contributed by atoms with Crippen LogP contribution in [0.1, 0.15) is 39.4 Å². The number of halogens is 1. The van der Waals surface area contributed by atoms with Gasteiger partial charge in [-0.05, 0) is 56.3 Å². The first kappa shape index (κ1) is 16.5. The summed E-state index contributed by atoms with van der Waals surface area (Å²) in [5.41, 5.74) is 8.06. The number of nitrogens with zero attached hydrogens (tertiary/aromatic N) is 2. The van der Waals surface area contributed by atoms with Crippen molar-refractivity contribution in [1.82, 2.24) is 9.55 Å². The average Bonchev–Trinajstić information content (AvgIpc) is 2.79. The van der Waals surface area contributed by atoms with Gasteiger partial charge in [0.2, 0.25) is 0 Å². The zero-order valence-electron chi connectivity index (χ0n) is 13.3. The predicted octanol–water partition coefficient (Wildman–Crippen LogP) is 4.37. The largest absolute Gasteiger partial charge is 0.330 e. The van der Waals surface area contributed by atoms with Crippen LogP contribution in [0.15, 0.2) is 22.7 Å². The third-order valence-corrected chi connectivity index (χ3v) is 4.82. The van der Waals surface area contributed by atoms with Crippen LogP contribution >= 0.6 is 15.9 Å². The molecular formula is C17H26BrN3. The Morgan fingerprint density at radius 2 is 2.05 bits per heavy atom. The van der Waals surface area contributed by atoms with Crippen molar-refractivity contribution in [2.45, 2.75) is 46.6 Å². The van der Waals surface area contributed by atoms with Crippen molar-refractivity contribution in [3.63, 3.8) is 0 Å². The molecule has 1 unspecified atom stereocenters. The fourth-order valence-corrected chi connectivity index (χ4v) is 3.39. The van der Waals surface area contributed by atoms with Crippen LogP contribution < -0.4 is 5.73 Å². The lowest BCUT2D eigenvalue weighted by Gasteiger charge is -2.20. The maximum Gasteiger partial charge on any atom is 0.109 e. The summed E-state index contributed by atoms with van der Waals surface area (Å²) in [4.78, 5) is 4.84. The van der Waals surface area contributed by atoms with Gasteiger partial charge in [0.05, 0.1) is 11.0 Å².